The van der Waals surface area contributed by atoms with Crippen LogP contribution >= 0.6 is 0 Å². The molecule has 1 amide bonds. The zero-order valence-electron chi connectivity index (χ0n) is 9.67. The zero-order valence-corrected chi connectivity index (χ0v) is 9.67. The van der Waals surface area contributed by atoms with Crippen molar-refractivity contribution in [3.8, 4) is 5.75 Å². The lowest BCUT2D eigenvalue weighted by Gasteiger charge is -2.08. The van der Waals surface area contributed by atoms with Crippen LogP contribution in [0.25, 0.3) is 0 Å². The first-order valence-electron chi connectivity index (χ1n) is 5.11. The van der Waals surface area contributed by atoms with Crippen LogP contribution in [0.1, 0.15) is 25.3 Å². The van der Waals surface area contributed by atoms with E-state index in [0.717, 1.165) is 5.56 Å². The molecule has 1 rings (SSSR count). The van der Waals surface area contributed by atoms with Gasteiger partial charge in [-0.25, -0.2) is 0 Å². The molecule has 17 heavy (non-hydrogen) atoms. The summed E-state index contributed by atoms with van der Waals surface area (Å²) in [7, 11) is 0. The van der Waals surface area contributed by atoms with E-state index in [4.69, 9.17) is 10.5 Å². The van der Waals surface area contributed by atoms with Crippen molar-refractivity contribution in [2.75, 3.05) is 6.61 Å². The maximum absolute atomic E-state index is 10.9. The maximum Gasteiger partial charge on any atom is 0.311 e. The van der Waals surface area contributed by atoms with Gasteiger partial charge in [-0.1, -0.05) is 19.9 Å². The standard InChI is InChI=1S/C11H14N2O4/c1-7(2)8-3-4-10(17-6-11(12)14)9(5-8)13(15)16/h3-5,7H,6H2,1-2H3,(H2,12,14). The van der Waals surface area contributed by atoms with E-state index in [2.05, 4.69) is 0 Å². The molecule has 2 N–H and O–H groups in total. The quantitative estimate of drug-likeness (QED) is 0.622. The molecular formula is C11H14N2O4. The Balaban J connectivity index is 3.04. The average molecular weight is 238 g/mol. The fraction of sp³-hybridized carbons (Fsp3) is 0.364. The van der Waals surface area contributed by atoms with Gasteiger partial charge in [-0.3, -0.25) is 14.9 Å². The lowest BCUT2D eigenvalue weighted by Crippen LogP contribution is -2.20. The Hall–Kier alpha value is -2.11. The molecule has 1 aromatic carbocycles. The van der Waals surface area contributed by atoms with Gasteiger partial charge >= 0.3 is 5.69 Å². The van der Waals surface area contributed by atoms with Gasteiger partial charge in [-0.05, 0) is 17.5 Å². The van der Waals surface area contributed by atoms with Crippen molar-refractivity contribution in [3.63, 3.8) is 0 Å². The fourth-order valence-corrected chi connectivity index (χ4v) is 1.31. The molecular weight excluding hydrogens is 224 g/mol. The third-order valence-electron chi connectivity index (χ3n) is 2.22. The van der Waals surface area contributed by atoms with Crippen molar-refractivity contribution < 1.29 is 14.5 Å². The monoisotopic (exact) mass is 238 g/mol. The Morgan fingerprint density at radius 3 is 2.65 bits per heavy atom. The molecule has 6 heteroatoms. The molecule has 0 aliphatic carbocycles. The van der Waals surface area contributed by atoms with Crippen LogP contribution in [0.2, 0.25) is 0 Å². The van der Waals surface area contributed by atoms with Gasteiger partial charge in [0, 0.05) is 6.07 Å². The second-order valence-electron chi connectivity index (χ2n) is 3.89. The van der Waals surface area contributed by atoms with Gasteiger partial charge in [0.05, 0.1) is 4.92 Å². The highest BCUT2D eigenvalue weighted by Crippen LogP contribution is 2.30. The van der Waals surface area contributed by atoms with Gasteiger partial charge < -0.3 is 10.5 Å². The summed E-state index contributed by atoms with van der Waals surface area (Å²) in [6, 6.07) is 4.66. The minimum absolute atomic E-state index is 0.0539. The molecule has 0 aromatic heterocycles. The third-order valence-corrected chi connectivity index (χ3v) is 2.22. The topological polar surface area (TPSA) is 95.5 Å². The summed E-state index contributed by atoms with van der Waals surface area (Å²) in [4.78, 5) is 20.9. The van der Waals surface area contributed by atoms with Crippen LogP contribution in [-0.2, 0) is 4.79 Å². The molecule has 6 nitrogen and oxygen atoms in total. The van der Waals surface area contributed by atoms with E-state index in [1.807, 2.05) is 13.8 Å². The molecule has 0 heterocycles. The van der Waals surface area contributed by atoms with Gasteiger partial charge in [0.15, 0.2) is 12.4 Å². The lowest BCUT2D eigenvalue weighted by molar-refractivity contribution is -0.385. The lowest BCUT2D eigenvalue weighted by atomic mass is 10.0. The molecule has 0 fully saturated rings. The molecule has 0 spiro atoms. The number of benzene rings is 1. The fourth-order valence-electron chi connectivity index (χ4n) is 1.31. The van der Waals surface area contributed by atoms with Crippen molar-refractivity contribution in [1.82, 2.24) is 0 Å². The Bertz CT molecular complexity index is 443. The predicted octanol–water partition coefficient (Wildman–Crippen LogP) is 1.58. The maximum atomic E-state index is 10.9. The third kappa shape index (κ3) is 3.44. The van der Waals surface area contributed by atoms with Crippen LogP contribution in [0.3, 0.4) is 0 Å². The molecule has 0 radical (unpaired) electrons. The Labute approximate surface area is 98.5 Å². The molecule has 1 aromatic rings. The summed E-state index contributed by atoms with van der Waals surface area (Å²) in [5, 5.41) is 10.9. The summed E-state index contributed by atoms with van der Waals surface area (Å²) < 4.78 is 4.98. The Morgan fingerprint density at radius 2 is 2.18 bits per heavy atom. The first kappa shape index (κ1) is 13.0. The zero-order chi connectivity index (χ0) is 13.0. The second kappa shape index (κ2) is 5.29. The number of ether oxygens (including phenoxy) is 1. The van der Waals surface area contributed by atoms with Gasteiger partial charge in [-0.2, -0.15) is 0 Å². The number of carbonyl (C=O) groups excluding carboxylic acids is 1. The summed E-state index contributed by atoms with van der Waals surface area (Å²) in [6.45, 7) is 3.49. The number of nitro benzene ring substituents is 1. The van der Waals surface area contributed by atoms with Gasteiger partial charge in [-0.15, -0.1) is 0 Å². The van der Waals surface area contributed by atoms with Gasteiger partial charge in [0.1, 0.15) is 0 Å². The summed E-state index contributed by atoms with van der Waals surface area (Å²) in [5.74, 6) is -0.440. The highest BCUT2D eigenvalue weighted by Gasteiger charge is 2.17. The normalized spacial score (nSPS) is 10.3. The van der Waals surface area contributed by atoms with Gasteiger partial charge in [0.25, 0.3) is 5.91 Å². The van der Waals surface area contributed by atoms with Gasteiger partial charge in [0.2, 0.25) is 0 Å². The van der Waals surface area contributed by atoms with Crippen LogP contribution in [0.4, 0.5) is 5.69 Å². The van der Waals surface area contributed by atoms with Crippen LogP contribution < -0.4 is 10.5 Å². The smallest absolute Gasteiger partial charge is 0.311 e. The predicted molar refractivity (Wildman–Crippen MR) is 61.9 cm³/mol. The molecule has 0 aliphatic heterocycles. The molecule has 0 aliphatic rings. The first-order chi connectivity index (χ1) is 7.91. The van der Waals surface area contributed by atoms with Crippen molar-refractivity contribution in [1.29, 1.82) is 0 Å². The van der Waals surface area contributed by atoms with Crippen LogP contribution in [0.15, 0.2) is 18.2 Å². The minimum Gasteiger partial charge on any atom is -0.477 e. The van der Waals surface area contributed by atoms with E-state index in [1.165, 1.54) is 12.1 Å². The van der Waals surface area contributed by atoms with E-state index >= 15 is 0 Å². The summed E-state index contributed by atoms with van der Waals surface area (Å²) in [6.07, 6.45) is 0. The Morgan fingerprint density at radius 1 is 1.53 bits per heavy atom. The Kier molecular flexibility index (Phi) is 4.03. The van der Waals surface area contributed by atoms with Crippen molar-refractivity contribution >= 4 is 11.6 Å². The molecule has 0 saturated carbocycles. The van der Waals surface area contributed by atoms with Crippen LogP contribution in [0.5, 0.6) is 5.75 Å². The minimum atomic E-state index is -0.674. The number of nitrogens with zero attached hydrogens (tertiary/aromatic N) is 1. The van der Waals surface area contributed by atoms with Crippen molar-refractivity contribution in [2.24, 2.45) is 5.73 Å². The van der Waals surface area contributed by atoms with E-state index in [-0.39, 0.29) is 24.0 Å². The highest BCUT2D eigenvalue weighted by atomic mass is 16.6. The number of carbonyl (C=O) groups is 1. The van der Waals surface area contributed by atoms with E-state index < -0.39 is 10.8 Å². The number of hydrogen-bond acceptors (Lipinski definition) is 4. The number of nitro groups is 1. The number of primary amides is 1. The molecule has 0 unspecified atom stereocenters. The first-order valence-corrected chi connectivity index (χ1v) is 5.11. The molecule has 0 bridgehead atoms. The molecule has 0 saturated heterocycles. The van der Waals surface area contributed by atoms with Crippen molar-refractivity contribution in [2.45, 2.75) is 19.8 Å². The molecule has 92 valence electrons. The largest absolute Gasteiger partial charge is 0.477 e. The number of amides is 1. The van der Waals surface area contributed by atoms with Crippen LogP contribution in [0, 0.1) is 10.1 Å². The van der Waals surface area contributed by atoms with E-state index in [0.29, 0.717) is 0 Å². The van der Waals surface area contributed by atoms with E-state index in [9.17, 15) is 14.9 Å². The second-order valence-corrected chi connectivity index (χ2v) is 3.89. The highest BCUT2D eigenvalue weighted by molar-refractivity contribution is 5.75. The van der Waals surface area contributed by atoms with Crippen molar-refractivity contribution in [3.05, 3.63) is 33.9 Å². The number of nitrogens with two attached hydrogens (primary N) is 1. The number of rotatable bonds is 5. The summed E-state index contributed by atoms with van der Waals surface area (Å²) >= 11 is 0. The molecule has 0 atom stereocenters. The SMILES string of the molecule is CC(C)c1ccc(OCC(N)=O)c([N+](=O)[O-])c1. The van der Waals surface area contributed by atoms with Crippen LogP contribution in [-0.4, -0.2) is 17.4 Å². The number of hydrogen-bond donors (Lipinski definition) is 1. The van der Waals surface area contributed by atoms with E-state index in [1.54, 1.807) is 6.07 Å². The summed E-state index contributed by atoms with van der Waals surface area (Å²) in [5.41, 5.74) is 5.59. The average Bonchev–Trinajstić information content (AvgIpc) is 2.25.